The van der Waals surface area contributed by atoms with Gasteiger partial charge in [0.1, 0.15) is 5.75 Å². The van der Waals surface area contributed by atoms with Crippen molar-refractivity contribution in [3.05, 3.63) is 41.2 Å². The van der Waals surface area contributed by atoms with Crippen LogP contribution < -0.4 is 5.32 Å². The number of carbonyl (C=O) groups is 2. The molecule has 0 aliphatic rings. The quantitative estimate of drug-likeness (QED) is 0.734. The molecule has 1 aromatic carbocycles. The molecular weight excluding hydrogens is 262 g/mol. The summed E-state index contributed by atoms with van der Waals surface area (Å²) in [5.41, 5.74) is 1.03. The molecular formula is C13H13N3O4. The second-order valence-electron chi connectivity index (χ2n) is 4.26. The maximum absolute atomic E-state index is 12.1. The number of phenols is 1. The second kappa shape index (κ2) is 5.04. The fourth-order valence-electron chi connectivity index (χ4n) is 1.68. The first kappa shape index (κ1) is 13.6. The van der Waals surface area contributed by atoms with Gasteiger partial charge in [0, 0.05) is 12.7 Å². The van der Waals surface area contributed by atoms with E-state index in [2.05, 4.69) is 10.4 Å². The van der Waals surface area contributed by atoms with E-state index in [1.54, 1.807) is 18.7 Å². The maximum atomic E-state index is 12.1. The van der Waals surface area contributed by atoms with Crippen molar-refractivity contribution < 1.29 is 19.8 Å². The number of phenolic OH excluding ortho intramolecular Hbond substituents is 1. The molecule has 20 heavy (non-hydrogen) atoms. The van der Waals surface area contributed by atoms with E-state index >= 15 is 0 Å². The van der Waals surface area contributed by atoms with Gasteiger partial charge in [-0.2, -0.15) is 5.10 Å². The molecule has 0 unspecified atom stereocenters. The fourth-order valence-corrected chi connectivity index (χ4v) is 1.68. The third-order valence-corrected chi connectivity index (χ3v) is 2.97. The van der Waals surface area contributed by atoms with Gasteiger partial charge in [-0.1, -0.05) is 0 Å². The first-order valence-corrected chi connectivity index (χ1v) is 5.76. The Bertz CT molecular complexity index is 691. The van der Waals surface area contributed by atoms with Gasteiger partial charge in [-0.15, -0.1) is 0 Å². The van der Waals surface area contributed by atoms with E-state index in [9.17, 15) is 14.7 Å². The van der Waals surface area contributed by atoms with Gasteiger partial charge in [0.2, 0.25) is 0 Å². The van der Waals surface area contributed by atoms with E-state index in [1.165, 1.54) is 24.4 Å². The first-order valence-electron chi connectivity index (χ1n) is 5.76. The zero-order valence-electron chi connectivity index (χ0n) is 10.9. The second-order valence-corrected chi connectivity index (χ2v) is 4.26. The fraction of sp³-hybridized carbons (Fsp3) is 0.154. The Labute approximate surface area is 114 Å². The number of aromatic nitrogens is 2. The first-order chi connectivity index (χ1) is 9.40. The molecule has 7 nitrogen and oxygen atoms in total. The summed E-state index contributed by atoms with van der Waals surface area (Å²) in [6, 6.07) is 3.67. The molecule has 7 heteroatoms. The molecule has 1 amide bonds. The summed E-state index contributed by atoms with van der Waals surface area (Å²) in [7, 11) is 1.70. The highest BCUT2D eigenvalue weighted by Crippen LogP contribution is 2.25. The van der Waals surface area contributed by atoms with E-state index in [0.29, 0.717) is 11.3 Å². The van der Waals surface area contributed by atoms with Crippen molar-refractivity contribution in [3.63, 3.8) is 0 Å². The molecule has 0 aliphatic heterocycles. The number of aromatic carboxylic acids is 1. The van der Waals surface area contributed by atoms with Crippen LogP contribution in [0.25, 0.3) is 0 Å². The third-order valence-electron chi connectivity index (χ3n) is 2.97. The molecule has 0 radical (unpaired) electrons. The minimum Gasteiger partial charge on any atom is -0.506 e. The summed E-state index contributed by atoms with van der Waals surface area (Å²) in [6.07, 6.45) is 1.41. The van der Waals surface area contributed by atoms with Gasteiger partial charge in [0.05, 0.1) is 23.0 Å². The summed E-state index contributed by atoms with van der Waals surface area (Å²) in [4.78, 5) is 22.9. The van der Waals surface area contributed by atoms with Crippen molar-refractivity contribution in [3.8, 4) is 5.75 Å². The number of amides is 1. The van der Waals surface area contributed by atoms with Crippen LogP contribution in [0.2, 0.25) is 0 Å². The Balaban J connectivity index is 2.30. The number of carbonyl (C=O) groups excluding carboxylic acids is 1. The van der Waals surface area contributed by atoms with Gasteiger partial charge >= 0.3 is 5.97 Å². The van der Waals surface area contributed by atoms with Gasteiger partial charge in [0.15, 0.2) is 0 Å². The number of nitrogens with zero attached hydrogens (tertiary/aromatic N) is 2. The molecule has 2 aromatic rings. The van der Waals surface area contributed by atoms with Gasteiger partial charge < -0.3 is 15.5 Å². The predicted molar refractivity (Wildman–Crippen MR) is 71.0 cm³/mol. The van der Waals surface area contributed by atoms with Crippen LogP contribution in [0.4, 0.5) is 5.69 Å². The number of anilines is 1. The molecule has 0 saturated heterocycles. The number of carboxylic acids is 1. The Morgan fingerprint density at radius 3 is 2.60 bits per heavy atom. The number of hydrogen-bond acceptors (Lipinski definition) is 4. The smallest absolute Gasteiger partial charge is 0.335 e. The standard InChI is InChI=1S/C13H13N3O4/c1-7-9(6-14-16(7)2)12(18)15-10-5-8(13(19)20)3-4-11(10)17/h3-6,17H,1-2H3,(H,15,18)(H,19,20). The molecule has 0 aliphatic carbocycles. The third kappa shape index (κ3) is 2.46. The van der Waals surface area contributed by atoms with Crippen LogP contribution in [-0.2, 0) is 7.05 Å². The van der Waals surface area contributed by atoms with Crippen LogP contribution in [0.15, 0.2) is 24.4 Å². The number of rotatable bonds is 3. The number of benzene rings is 1. The summed E-state index contributed by atoms with van der Waals surface area (Å²) < 4.78 is 1.54. The zero-order valence-corrected chi connectivity index (χ0v) is 10.9. The van der Waals surface area contributed by atoms with Gasteiger partial charge in [-0.3, -0.25) is 9.48 Å². The van der Waals surface area contributed by atoms with Crippen molar-refractivity contribution in [2.75, 3.05) is 5.32 Å². The lowest BCUT2D eigenvalue weighted by atomic mass is 10.1. The van der Waals surface area contributed by atoms with E-state index in [-0.39, 0.29) is 17.0 Å². The molecule has 0 spiro atoms. The van der Waals surface area contributed by atoms with Crippen molar-refractivity contribution >= 4 is 17.6 Å². The highest BCUT2D eigenvalue weighted by Gasteiger charge is 2.15. The van der Waals surface area contributed by atoms with Crippen molar-refractivity contribution in [2.24, 2.45) is 7.05 Å². The summed E-state index contributed by atoms with van der Waals surface area (Å²) in [5, 5.41) is 25.0. The molecule has 0 saturated carbocycles. The van der Waals surface area contributed by atoms with Crippen LogP contribution in [0.5, 0.6) is 5.75 Å². The van der Waals surface area contributed by atoms with Crippen LogP contribution in [-0.4, -0.2) is 31.9 Å². The molecule has 1 aromatic heterocycles. The Hall–Kier alpha value is -2.83. The maximum Gasteiger partial charge on any atom is 0.335 e. The largest absolute Gasteiger partial charge is 0.506 e. The number of nitrogens with one attached hydrogen (secondary N) is 1. The lowest BCUT2D eigenvalue weighted by molar-refractivity contribution is 0.0696. The molecule has 2 rings (SSSR count). The lowest BCUT2D eigenvalue weighted by Crippen LogP contribution is -2.13. The molecule has 0 atom stereocenters. The Kier molecular flexibility index (Phi) is 3.43. The van der Waals surface area contributed by atoms with Crippen molar-refractivity contribution in [1.82, 2.24) is 9.78 Å². The minimum absolute atomic E-state index is 0.0268. The van der Waals surface area contributed by atoms with E-state index in [1.807, 2.05) is 0 Å². The van der Waals surface area contributed by atoms with Gasteiger partial charge in [-0.25, -0.2) is 4.79 Å². The molecule has 0 bridgehead atoms. The molecule has 3 N–H and O–H groups in total. The Morgan fingerprint density at radius 1 is 1.35 bits per heavy atom. The predicted octanol–water partition coefficient (Wildman–Crippen LogP) is 1.38. The highest BCUT2D eigenvalue weighted by atomic mass is 16.4. The zero-order chi connectivity index (χ0) is 14.9. The number of aryl methyl sites for hydroxylation is 1. The summed E-state index contributed by atoms with van der Waals surface area (Å²) >= 11 is 0. The lowest BCUT2D eigenvalue weighted by Gasteiger charge is -2.08. The Morgan fingerprint density at radius 2 is 2.05 bits per heavy atom. The number of hydrogen-bond donors (Lipinski definition) is 3. The monoisotopic (exact) mass is 275 g/mol. The van der Waals surface area contributed by atoms with Crippen LogP contribution >= 0.6 is 0 Å². The highest BCUT2D eigenvalue weighted by molar-refractivity contribution is 6.06. The van der Waals surface area contributed by atoms with Crippen LogP contribution in [0.1, 0.15) is 26.4 Å². The SMILES string of the molecule is Cc1c(C(=O)Nc2cc(C(=O)O)ccc2O)cnn1C. The van der Waals surface area contributed by atoms with E-state index in [4.69, 9.17) is 5.11 Å². The molecule has 104 valence electrons. The summed E-state index contributed by atoms with van der Waals surface area (Å²) in [5.74, 6) is -1.81. The van der Waals surface area contributed by atoms with E-state index < -0.39 is 11.9 Å². The van der Waals surface area contributed by atoms with Crippen LogP contribution in [0, 0.1) is 6.92 Å². The molecule has 0 fully saturated rings. The minimum atomic E-state index is -1.14. The average molecular weight is 275 g/mol. The average Bonchev–Trinajstić information content (AvgIpc) is 2.72. The number of aromatic hydroxyl groups is 1. The van der Waals surface area contributed by atoms with Gasteiger partial charge in [-0.05, 0) is 25.1 Å². The number of carboxylic acid groups (broad SMARTS) is 1. The molecule has 1 heterocycles. The van der Waals surface area contributed by atoms with Gasteiger partial charge in [0.25, 0.3) is 5.91 Å². The topological polar surface area (TPSA) is 104 Å². The normalized spacial score (nSPS) is 10.3. The van der Waals surface area contributed by atoms with Crippen molar-refractivity contribution in [2.45, 2.75) is 6.92 Å². The summed E-state index contributed by atoms with van der Waals surface area (Å²) in [6.45, 7) is 1.73. The van der Waals surface area contributed by atoms with E-state index in [0.717, 1.165) is 0 Å². The van der Waals surface area contributed by atoms with Crippen LogP contribution in [0.3, 0.4) is 0 Å². The van der Waals surface area contributed by atoms with Crippen molar-refractivity contribution in [1.29, 1.82) is 0 Å².